The van der Waals surface area contributed by atoms with E-state index in [9.17, 15) is 19.7 Å². The van der Waals surface area contributed by atoms with E-state index in [1.54, 1.807) is 0 Å². The number of carbonyl (C=O) groups excluding carboxylic acids is 2. The number of nitrogens with one attached hydrogen (secondary N) is 2. The van der Waals surface area contributed by atoms with E-state index in [0.717, 1.165) is 31.6 Å². The molecule has 2 N–H and O–H groups in total. The number of benzene rings is 1. The van der Waals surface area contributed by atoms with Gasteiger partial charge in [-0.15, -0.1) is 0 Å². The van der Waals surface area contributed by atoms with E-state index in [2.05, 4.69) is 17.6 Å². The molecule has 0 radical (unpaired) electrons. The van der Waals surface area contributed by atoms with E-state index in [-0.39, 0.29) is 36.5 Å². The van der Waals surface area contributed by atoms with Crippen molar-refractivity contribution >= 4 is 17.5 Å². The van der Waals surface area contributed by atoms with Crippen LogP contribution in [-0.2, 0) is 4.79 Å². The molecular formula is C17H23N3O4. The molecule has 2 rings (SSSR count). The molecule has 1 aromatic carbocycles. The van der Waals surface area contributed by atoms with Crippen molar-refractivity contribution in [3.8, 4) is 0 Å². The Kier molecular flexibility index (Phi) is 6.28. The summed E-state index contributed by atoms with van der Waals surface area (Å²) in [7, 11) is 0. The maximum absolute atomic E-state index is 11.9. The molecule has 0 saturated heterocycles. The van der Waals surface area contributed by atoms with Crippen molar-refractivity contribution in [2.24, 2.45) is 5.92 Å². The van der Waals surface area contributed by atoms with Gasteiger partial charge in [0.1, 0.15) is 0 Å². The molecule has 1 saturated carbocycles. The number of nitro benzene ring substituents is 1. The third kappa shape index (κ3) is 5.33. The van der Waals surface area contributed by atoms with Gasteiger partial charge in [-0.1, -0.05) is 6.92 Å². The fourth-order valence-corrected chi connectivity index (χ4v) is 2.83. The van der Waals surface area contributed by atoms with Gasteiger partial charge in [-0.3, -0.25) is 19.7 Å². The van der Waals surface area contributed by atoms with Crippen molar-refractivity contribution < 1.29 is 14.5 Å². The minimum absolute atomic E-state index is 0.0569. The summed E-state index contributed by atoms with van der Waals surface area (Å²) in [5, 5.41) is 16.2. The molecule has 0 aliphatic heterocycles. The van der Waals surface area contributed by atoms with Gasteiger partial charge in [-0.25, -0.2) is 0 Å². The van der Waals surface area contributed by atoms with Gasteiger partial charge in [0.2, 0.25) is 5.91 Å². The fraction of sp³-hybridized carbons (Fsp3) is 0.529. The molecule has 1 fully saturated rings. The normalized spacial score (nSPS) is 20.2. The molecular weight excluding hydrogens is 310 g/mol. The lowest BCUT2D eigenvalue weighted by Gasteiger charge is -2.26. The molecule has 0 aromatic heterocycles. The zero-order valence-corrected chi connectivity index (χ0v) is 13.8. The summed E-state index contributed by atoms with van der Waals surface area (Å²) >= 11 is 0. The Labute approximate surface area is 141 Å². The lowest BCUT2D eigenvalue weighted by Crippen LogP contribution is -2.39. The SMILES string of the molecule is CC1CCC(NC(=O)CCNC(=O)c2ccc([N+](=O)[O-])cc2)CC1. The van der Waals surface area contributed by atoms with E-state index < -0.39 is 4.92 Å². The second-order valence-corrected chi connectivity index (χ2v) is 6.33. The summed E-state index contributed by atoms with van der Waals surface area (Å²) in [6, 6.07) is 5.62. The van der Waals surface area contributed by atoms with Crippen LogP contribution in [-0.4, -0.2) is 29.3 Å². The molecule has 7 nitrogen and oxygen atoms in total. The number of nitro groups is 1. The molecule has 0 heterocycles. The van der Waals surface area contributed by atoms with E-state index in [0.29, 0.717) is 5.56 Å². The van der Waals surface area contributed by atoms with Crippen LogP contribution in [0.2, 0.25) is 0 Å². The minimum atomic E-state index is -0.516. The topological polar surface area (TPSA) is 101 Å². The van der Waals surface area contributed by atoms with Crippen LogP contribution in [0, 0.1) is 16.0 Å². The Morgan fingerprint density at radius 3 is 2.38 bits per heavy atom. The van der Waals surface area contributed by atoms with Crippen LogP contribution in [0.5, 0.6) is 0 Å². The molecule has 2 amide bonds. The quantitative estimate of drug-likeness (QED) is 0.616. The average Bonchev–Trinajstić information content (AvgIpc) is 2.57. The van der Waals surface area contributed by atoms with Gasteiger partial charge in [0.25, 0.3) is 11.6 Å². The number of amides is 2. The average molecular weight is 333 g/mol. The van der Waals surface area contributed by atoms with E-state index in [1.165, 1.54) is 24.3 Å². The van der Waals surface area contributed by atoms with Crippen LogP contribution < -0.4 is 10.6 Å². The van der Waals surface area contributed by atoms with E-state index in [1.807, 2.05) is 0 Å². The first-order valence-electron chi connectivity index (χ1n) is 8.27. The molecule has 1 aliphatic rings. The summed E-state index contributed by atoms with van der Waals surface area (Å²) < 4.78 is 0. The van der Waals surface area contributed by atoms with Crippen LogP contribution >= 0.6 is 0 Å². The van der Waals surface area contributed by atoms with E-state index >= 15 is 0 Å². The maximum Gasteiger partial charge on any atom is 0.269 e. The zero-order chi connectivity index (χ0) is 17.5. The predicted molar refractivity (Wildman–Crippen MR) is 89.6 cm³/mol. The Morgan fingerprint density at radius 2 is 1.79 bits per heavy atom. The molecule has 24 heavy (non-hydrogen) atoms. The van der Waals surface area contributed by atoms with Gasteiger partial charge in [-0.05, 0) is 43.7 Å². The molecule has 7 heteroatoms. The van der Waals surface area contributed by atoms with Crippen molar-refractivity contribution in [1.82, 2.24) is 10.6 Å². The number of carbonyl (C=O) groups is 2. The van der Waals surface area contributed by atoms with Crippen molar-refractivity contribution in [3.05, 3.63) is 39.9 Å². The van der Waals surface area contributed by atoms with Crippen molar-refractivity contribution in [1.29, 1.82) is 0 Å². The number of rotatable bonds is 6. The lowest BCUT2D eigenvalue weighted by atomic mass is 9.87. The van der Waals surface area contributed by atoms with Gasteiger partial charge in [0.15, 0.2) is 0 Å². The third-order valence-electron chi connectivity index (χ3n) is 4.36. The summed E-state index contributed by atoms with van der Waals surface area (Å²) in [6.07, 6.45) is 4.54. The number of hydrogen-bond acceptors (Lipinski definition) is 4. The van der Waals surface area contributed by atoms with Gasteiger partial charge in [0.05, 0.1) is 4.92 Å². The molecule has 0 bridgehead atoms. The smallest absolute Gasteiger partial charge is 0.269 e. The summed E-state index contributed by atoms with van der Waals surface area (Å²) in [5.74, 6) is 0.335. The highest BCUT2D eigenvalue weighted by Gasteiger charge is 2.19. The van der Waals surface area contributed by atoms with Crippen LogP contribution in [0.1, 0.15) is 49.4 Å². The molecule has 0 unspecified atom stereocenters. The summed E-state index contributed by atoms with van der Waals surface area (Å²) in [5.41, 5.74) is 0.273. The Hall–Kier alpha value is -2.44. The summed E-state index contributed by atoms with van der Waals surface area (Å²) in [6.45, 7) is 2.47. The predicted octanol–water partition coefficient (Wildman–Crippen LogP) is 2.41. The maximum atomic E-state index is 11.9. The Morgan fingerprint density at radius 1 is 1.17 bits per heavy atom. The largest absolute Gasteiger partial charge is 0.353 e. The van der Waals surface area contributed by atoms with E-state index in [4.69, 9.17) is 0 Å². The number of nitrogens with zero attached hydrogens (tertiary/aromatic N) is 1. The highest BCUT2D eigenvalue weighted by molar-refractivity contribution is 5.94. The summed E-state index contributed by atoms with van der Waals surface area (Å²) in [4.78, 5) is 33.9. The van der Waals surface area contributed by atoms with Gasteiger partial charge < -0.3 is 10.6 Å². The zero-order valence-electron chi connectivity index (χ0n) is 13.8. The fourth-order valence-electron chi connectivity index (χ4n) is 2.83. The van der Waals surface area contributed by atoms with Gasteiger partial charge in [0, 0.05) is 36.7 Å². The Balaban J connectivity index is 1.70. The standard InChI is InChI=1S/C17H23N3O4/c1-12-2-6-14(7-3-12)19-16(21)10-11-18-17(22)13-4-8-15(9-5-13)20(23)24/h4-5,8-9,12,14H,2-3,6-7,10-11H2,1H3,(H,18,22)(H,19,21). The molecule has 1 aromatic rings. The van der Waals surface area contributed by atoms with Gasteiger partial charge >= 0.3 is 0 Å². The first-order chi connectivity index (χ1) is 11.5. The molecule has 130 valence electrons. The second-order valence-electron chi connectivity index (χ2n) is 6.33. The highest BCUT2D eigenvalue weighted by Crippen LogP contribution is 2.23. The second kappa shape index (κ2) is 8.42. The van der Waals surface area contributed by atoms with Crippen molar-refractivity contribution in [2.45, 2.75) is 45.1 Å². The molecule has 0 spiro atoms. The van der Waals surface area contributed by atoms with Crippen molar-refractivity contribution in [3.63, 3.8) is 0 Å². The molecule has 0 atom stereocenters. The van der Waals surface area contributed by atoms with Crippen LogP contribution in [0.15, 0.2) is 24.3 Å². The lowest BCUT2D eigenvalue weighted by molar-refractivity contribution is -0.384. The minimum Gasteiger partial charge on any atom is -0.353 e. The molecule has 1 aliphatic carbocycles. The van der Waals surface area contributed by atoms with Crippen LogP contribution in [0.25, 0.3) is 0 Å². The number of hydrogen-bond donors (Lipinski definition) is 2. The van der Waals surface area contributed by atoms with Crippen LogP contribution in [0.4, 0.5) is 5.69 Å². The highest BCUT2D eigenvalue weighted by atomic mass is 16.6. The van der Waals surface area contributed by atoms with Crippen molar-refractivity contribution in [2.75, 3.05) is 6.54 Å². The van der Waals surface area contributed by atoms with Crippen LogP contribution in [0.3, 0.4) is 0 Å². The number of non-ortho nitro benzene ring substituents is 1. The van der Waals surface area contributed by atoms with Gasteiger partial charge in [-0.2, -0.15) is 0 Å². The third-order valence-corrected chi connectivity index (χ3v) is 4.36. The first kappa shape index (κ1) is 17.9. The Bertz CT molecular complexity index is 592. The first-order valence-corrected chi connectivity index (χ1v) is 8.27. The monoisotopic (exact) mass is 333 g/mol.